The van der Waals surface area contributed by atoms with E-state index in [0.717, 1.165) is 16.9 Å². The van der Waals surface area contributed by atoms with Crippen molar-refractivity contribution in [1.29, 1.82) is 0 Å². The van der Waals surface area contributed by atoms with Crippen LogP contribution in [0.15, 0.2) is 80.1 Å². The lowest BCUT2D eigenvalue weighted by Gasteiger charge is -2.24. The van der Waals surface area contributed by atoms with Gasteiger partial charge in [-0.05, 0) is 56.2 Å². The third kappa shape index (κ3) is 4.84. The minimum absolute atomic E-state index is 0.0598. The number of carbonyl (C=O) groups excluding carboxylic acids is 1. The Hall–Kier alpha value is -4.64. The summed E-state index contributed by atoms with van der Waals surface area (Å²) >= 11 is 1.12. The minimum Gasteiger partial charge on any atom is -0.463 e. The van der Waals surface area contributed by atoms with Gasteiger partial charge in [-0.15, -0.1) is 0 Å². The topological polar surface area (TPSA) is 117 Å². The number of ether oxygens (including phenoxy) is 1. The summed E-state index contributed by atoms with van der Waals surface area (Å²) in [6.45, 7) is 5.31. The summed E-state index contributed by atoms with van der Waals surface area (Å²) in [4.78, 5) is 42.2. The molecule has 1 aliphatic heterocycles. The van der Waals surface area contributed by atoms with Gasteiger partial charge in [0.15, 0.2) is 4.80 Å². The first-order valence-corrected chi connectivity index (χ1v) is 12.8. The number of esters is 1. The number of hydrogen-bond donors (Lipinski definition) is 0. The van der Waals surface area contributed by atoms with Gasteiger partial charge in [0.05, 0.1) is 33.4 Å². The number of aryl methyl sites for hydroxylation is 1. The first kappa shape index (κ1) is 26.0. The van der Waals surface area contributed by atoms with Crippen molar-refractivity contribution in [2.45, 2.75) is 26.8 Å². The molecular weight excluding hydrogens is 525 g/mol. The summed E-state index contributed by atoms with van der Waals surface area (Å²) in [5, 5.41) is 11.2. The molecule has 0 amide bonds. The highest BCUT2D eigenvalue weighted by molar-refractivity contribution is 7.07. The predicted octanol–water partition coefficient (Wildman–Crippen LogP) is 4.41. The van der Waals surface area contributed by atoms with Crippen molar-refractivity contribution in [1.82, 2.24) is 4.57 Å². The Labute approximate surface area is 225 Å². The zero-order valence-electron chi connectivity index (χ0n) is 21.1. The number of benzene rings is 2. The molecule has 11 heteroatoms. The molecule has 1 aliphatic rings. The summed E-state index contributed by atoms with van der Waals surface area (Å²) in [5.74, 6) is -0.275. The number of allylic oxidation sites excluding steroid dienone is 1. The van der Waals surface area contributed by atoms with Crippen LogP contribution in [0.2, 0.25) is 0 Å². The maximum absolute atomic E-state index is 13.7. The average molecular weight is 548 g/mol. The molecule has 9 nitrogen and oxygen atoms in total. The fourth-order valence-corrected chi connectivity index (χ4v) is 5.47. The Morgan fingerprint density at radius 2 is 1.95 bits per heavy atom. The minimum atomic E-state index is -0.859. The van der Waals surface area contributed by atoms with Crippen LogP contribution in [0.25, 0.3) is 17.4 Å². The van der Waals surface area contributed by atoms with Gasteiger partial charge in [0.1, 0.15) is 17.3 Å². The SMILES string of the molecule is CCOC(=O)C1=C(C)N=c2s/c(=C/c3ccc(-c4cc([N+](=O)[O-])ccc4C)o3)c(=O)n2[C@@H]1c1ccc(F)cc1. The highest BCUT2D eigenvalue weighted by atomic mass is 32.1. The second-order valence-corrected chi connectivity index (χ2v) is 9.82. The van der Waals surface area contributed by atoms with Gasteiger partial charge in [-0.1, -0.05) is 29.5 Å². The number of halogens is 1. The number of rotatable bonds is 6. The monoisotopic (exact) mass is 547 g/mol. The smallest absolute Gasteiger partial charge is 0.338 e. The van der Waals surface area contributed by atoms with E-state index < -0.39 is 28.3 Å². The molecule has 0 bridgehead atoms. The zero-order valence-corrected chi connectivity index (χ0v) is 22.0. The summed E-state index contributed by atoms with van der Waals surface area (Å²) in [7, 11) is 0. The largest absolute Gasteiger partial charge is 0.463 e. The second kappa shape index (κ2) is 10.3. The van der Waals surface area contributed by atoms with Crippen molar-refractivity contribution < 1.29 is 23.3 Å². The molecule has 0 fully saturated rings. The van der Waals surface area contributed by atoms with Gasteiger partial charge in [0.25, 0.3) is 11.2 Å². The fourth-order valence-electron chi connectivity index (χ4n) is 4.45. The van der Waals surface area contributed by atoms with Crippen LogP contribution in [0.1, 0.15) is 36.8 Å². The molecule has 3 heterocycles. The van der Waals surface area contributed by atoms with E-state index in [9.17, 15) is 24.1 Å². The number of carbonyl (C=O) groups is 1. The molecule has 5 rings (SSSR count). The Morgan fingerprint density at radius 3 is 2.64 bits per heavy atom. The second-order valence-electron chi connectivity index (χ2n) is 8.81. The molecule has 0 saturated carbocycles. The van der Waals surface area contributed by atoms with Gasteiger partial charge < -0.3 is 9.15 Å². The predicted molar refractivity (Wildman–Crippen MR) is 142 cm³/mol. The zero-order chi connectivity index (χ0) is 27.8. The number of aromatic nitrogens is 1. The van der Waals surface area contributed by atoms with Crippen molar-refractivity contribution in [3.63, 3.8) is 0 Å². The van der Waals surface area contributed by atoms with E-state index in [1.54, 1.807) is 38.1 Å². The molecule has 0 N–H and O–H groups in total. The van der Waals surface area contributed by atoms with Crippen molar-refractivity contribution in [2.75, 3.05) is 6.61 Å². The van der Waals surface area contributed by atoms with Crippen LogP contribution < -0.4 is 14.9 Å². The number of fused-ring (bicyclic) bond motifs is 1. The Balaban J connectivity index is 1.62. The van der Waals surface area contributed by atoms with Crippen molar-refractivity contribution in [3.05, 3.63) is 118 Å². The molecule has 0 saturated heterocycles. The van der Waals surface area contributed by atoms with Crippen LogP contribution in [0.5, 0.6) is 0 Å². The summed E-state index contributed by atoms with van der Waals surface area (Å²) in [6.07, 6.45) is 1.56. The fraction of sp³-hybridized carbons (Fsp3) is 0.179. The van der Waals surface area contributed by atoms with E-state index in [-0.39, 0.29) is 17.9 Å². The Bertz CT molecular complexity index is 1830. The maximum atomic E-state index is 13.7. The molecular formula is C28H22FN3O6S. The highest BCUT2D eigenvalue weighted by Gasteiger charge is 2.33. The lowest BCUT2D eigenvalue weighted by molar-refractivity contribution is -0.384. The van der Waals surface area contributed by atoms with E-state index in [0.29, 0.717) is 37.7 Å². The molecule has 2 aromatic carbocycles. The Morgan fingerprint density at radius 1 is 1.21 bits per heavy atom. The number of nitro benzene ring substituents is 1. The summed E-state index contributed by atoms with van der Waals surface area (Å²) < 4.78 is 26.6. The third-order valence-electron chi connectivity index (χ3n) is 6.30. The van der Waals surface area contributed by atoms with E-state index in [1.807, 2.05) is 6.92 Å². The van der Waals surface area contributed by atoms with Crippen molar-refractivity contribution in [2.24, 2.45) is 4.99 Å². The van der Waals surface area contributed by atoms with Crippen LogP contribution in [0, 0.1) is 22.9 Å². The first-order valence-electron chi connectivity index (χ1n) is 12.0. The summed E-state index contributed by atoms with van der Waals surface area (Å²) in [6, 6.07) is 12.6. The van der Waals surface area contributed by atoms with Gasteiger partial charge in [-0.2, -0.15) is 0 Å². The standard InChI is InChI=1S/C28H22FN3O6S/c1-4-37-27(34)24-16(3)30-28-31(25(24)17-6-8-18(29)9-7-17)26(33)23(39-28)14-20-11-12-22(38-20)21-13-19(32(35)36)10-5-15(21)2/h5-14,25H,4H2,1-3H3/b23-14+/t25-/m1/s1. The number of non-ortho nitro benzene ring substituents is 1. The van der Waals surface area contributed by atoms with Crippen LogP contribution in [-0.2, 0) is 9.53 Å². The summed E-state index contributed by atoms with van der Waals surface area (Å²) in [5.41, 5.74) is 2.02. The molecule has 0 radical (unpaired) electrons. The van der Waals surface area contributed by atoms with Crippen LogP contribution >= 0.6 is 11.3 Å². The molecule has 0 spiro atoms. The normalized spacial score (nSPS) is 15.2. The first-order chi connectivity index (χ1) is 18.7. The number of nitro groups is 1. The van der Waals surface area contributed by atoms with Crippen LogP contribution in [0.3, 0.4) is 0 Å². The van der Waals surface area contributed by atoms with E-state index in [2.05, 4.69) is 4.99 Å². The lowest BCUT2D eigenvalue weighted by atomic mass is 9.96. The quantitative estimate of drug-likeness (QED) is 0.201. The molecule has 0 aliphatic carbocycles. The van der Waals surface area contributed by atoms with E-state index in [4.69, 9.17) is 9.15 Å². The Kier molecular flexibility index (Phi) is 6.83. The molecule has 39 heavy (non-hydrogen) atoms. The van der Waals surface area contributed by atoms with Crippen molar-refractivity contribution in [3.8, 4) is 11.3 Å². The molecule has 0 unspecified atom stereocenters. The lowest BCUT2D eigenvalue weighted by Crippen LogP contribution is -2.39. The highest BCUT2D eigenvalue weighted by Crippen LogP contribution is 2.31. The van der Waals surface area contributed by atoms with E-state index in [1.165, 1.54) is 41.0 Å². The van der Waals surface area contributed by atoms with Gasteiger partial charge in [-0.3, -0.25) is 19.5 Å². The molecule has 2 aromatic heterocycles. The third-order valence-corrected chi connectivity index (χ3v) is 7.28. The molecule has 198 valence electrons. The van der Waals surface area contributed by atoms with Crippen LogP contribution in [-0.4, -0.2) is 22.1 Å². The van der Waals surface area contributed by atoms with Gasteiger partial charge in [-0.25, -0.2) is 14.2 Å². The average Bonchev–Trinajstić information content (AvgIpc) is 3.48. The number of furan rings is 1. The number of thiazole rings is 1. The number of hydrogen-bond acceptors (Lipinski definition) is 8. The maximum Gasteiger partial charge on any atom is 0.338 e. The van der Waals surface area contributed by atoms with Gasteiger partial charge >= 0.3 is 5.97 Å². The van der Waals surface area contributed by atoms with E-state index >= 15 is 0 Å². The number of nitrogens with zero attached hydrogens (tertiary/aromatic N) is 3. The molecule has 4 aromatic rings. The van der Waals surface area contributed by atoms with Crippen molar-refractivity contribution >= 4 is 29.1 Å². The van der Waals surface area contributed by atoms with Gasteiger partial charge in [0, 0.05) is 23.8 Å². The molecule has 1 atom stereocenters. The van der Waals surface area contributed by atoms with Gasteiger partial charge in [0.2, 0.25) is 0 Å². The van der Waals surface area contributed by atoms with Crippen LogP contribution in [0.4, 0.5) is 10.1 Å².